The molecule has 0 spiro atoms. The number of imide groups is 1. The summed E-state index contributed by atoms with van der Waals surface area (Å²) in [5.41, 5.74) is 9.06. The van der Waals surface area contributed by atoms with E-state index in [2.05, 4.69) is 21.2 Å². The van der Waals surface area contributed by atoms with Gasteiger partial charge >= 0.3 is 0 Å². The number of ketones is 1. The molecular weight excluding hydrogens is 422 g/mol. The van der Waals surface area contributed by atoms with Crippen molar-refractivity contribution in [1.82, 2.24) is 15.1 Å². The number of piperazine rings is 1. The third kappa shape index (κ3) is 4.45. The monoisotopic (exact) mass is 453 g/mol. The minimum Gasteiger partial charge on any atom is -0.369 e. The second-order valence-electron chi connectivity index (χ2n) is 9.89. The van der Waals surface area contributed by atoms with E-state index in [9.17, 15) is 19.2 Å². The molecule has 3 fully saturated rings. The van der Waals surface area contributed by atoms with Crippen molar-refractivity contribution in [1.29, 1.82) is 0 Å². The zero-order chi connectivity index (χ0) is 23.2. The Bertz CT molecular complexity index is 983. The van der Waals surface area contributed by atoms with E-state index in [1.807, 2.05) is 12.1 Å². The van der Waals surface area contributed by atoms with E-state index in [1.165, 1.54) is 0 Å². The first-order valence-electron chi connectivity index (χ1n) is 11.8. The molecule has 5 rings (SSSR count). The summed E-state index contributed by atoms with van der Waals surface area (Å²) in [6.45, 7) is 5.14. The number of piperidine rings is 1. The highest BCUT2D eigenvalue weighted by Crippen LogP contribution is 2.39. The highest BCUT2D eigenvalue weighted by molar-refractivity contribution is 6.27. The maximum atomic E-state index is 12.7. The number of hydrogen-bond acceptors (Lipinski definition) is 8. The molecule has 2 atom stereocenters. The molecule has 1 aliphatic carbocycles. The van der Waals surface area contributed by atoms with Crippen molar-refractivity contribution >= 4 is 29.6 Å². The molecule has 3 N–H and O–H groups in total. The maximum absolute atomic E-state index is 12.7. The largest absolute Gasteiger partial charge is 0.369 e. The van der Waals surface area contributed by atoms with Gasteiger partial charge in [-0.2, -0.15) is 0 Å². The van der Waals surface area contributed by atoms with Crippen LogP contribution in [0.1, 0.15) is 49.3 Å². The van der Waals surface area contributed by atoms with E-state index >= 15 is 0 Å². The Morgan fingerprint density at radius 2 is 1.94 bits per heavy atom. The van der Waals surface area contributed by atoms with Crippen LogP contribution in [0.3, 0.4) is 0 Å². The van der Waals surface area contributed by atoms with Gasteiger partial charge in [0.05, 0.1) is 6.04 Å². The van der Waals surface area contributed by atoms with Crippen LogP contribution in [0.5, 0.6) is 0 Å². The number of benzene rings is 1. The highest BCUT2D eigenvalue weighted by Gasteiger charge is 2.43. The Labute approximate surface area is 193 Å². The van der Waals surface area contributed by atoms with Gasteiger partial charge in [-0.15, -0.1) is 0 Å². The van der Waals surface area contributed by atoms with Gasteiger partial charge in [-0.3, -0.25) is 34.3 Å². The number of amides is 2. The van der Waals surface area contributed by atoms with E-state index in [4.69, 9.17) is 5.73 Å². The first-order valence-corrected chi connectivity index (χ1v) is 11.8. The molecule has 1 saturated carbocycles. The molecule has 0 bridgehead atoms. The summed E-state index contributed by atoms with van der Waals surface area (Å²) in [6.07, 6.45) is 4.25. The van der Waals surface area contributed by atoms with Gasteiger partial charge in [-0.25, -0.2) is 0 Å². The van der Waals surface area contributed by atoms with Crippen LogP contribution in [0.25, 0.3) is 0 Å². The Morgan fingerprint density at radius 3 is 2.61 bits per heavy atom. The lowest BCUT2D eigenvalue weighted by molar-refractivity contribution is -0.141. The molecule has 2 saturated heterocycles. The van der Waals surface area contributed by atoms with Crippen LogP contribution in [0.4, 0.5) is 5.69 Å². The number of Topliss-reactive ketones (excluding diaryl/α,β-unsaturated/α-hetero) is 1. The molecule has 1 aromatic carbocycles. The van der Waals surface area contributed by atoms with E-state index in [0.717, 1.165) is 68.8 Å². The fraction of sp³-hybridized carbons (Fsp3) is 0.583. The van der Waals surface area contributed by atoms with E-state index in [0.29, 0.717) is 19.3 Å². The third-order valence-corrected chi connectivity index (χ3v) is 7.66. The van der Waals surface area contributed by atoms with Crippen LogP contribution in [0.2, 0.25) is 0 Å². The standard InChI is InChI=1S/C24H31N5O4/c25-24(5-6-24)7-8-27-9-11-28(12-10-27)17-2-1-16-14-29(19-3-4-21(32)26-23(19)33)22(18(16)13-17)20(31)15-30/h1-2,13,15,19,22H,3-12,14,25H2,(H,26,32,33). The molecule has 9 heteroatoms. The predicted octanol–water partition coefficient (Wildman–Crippen LogP) is 0.120. The van der Waals surface area contributed by atoms with Crippen LogP contribution in [-0.4, -0.2) is 78.0 Å². The predicted molar refractivity (Wildman–Crippen MR) is 121 cm³/mol. The van der Waals surface area contributed by atoms with Crippen molar-refractivity contribution in [2.75, 3.05) is 37.6 Å². The van der Waals surface area contributed by atoms with Crippen LogP contribution in [0, 0.1) is 0 Å². The van der Waals surface area contributed by atoms with Crippen molar-refractivity contribution in [2.45, 2.75) is 56.3 Å². The molecule has 9 nitrogen and oxygen atoms in total. The van der Waals surface area contributed by atoms with E-state index in [-0.39, 0.29) is 17.9 Å². The number of nitrogens with one attached hydrogen (secondary N) is 1. The van der Waals surface area contributed by atoms with Crippen molar-refractivity contribution in [3.8, 4) is 0 Å². The molecule has 4 aliphatic rings. The Kier molecular flexibility index (Phi) is 5.80. The smallest absolute Gasteiger partial charge is 0.243 e. The average molecular weight is 454 g/mol. The molecule has 0 aromatic heterocycles. The number of rotatable bonds is 7. The molecule has 33 heavy (non-hydrogen) atoms. The minimum atomic E-state index is -0.790. The number of fused-ring (bicyclic) bond motifs is 1. The second kappa shape index (κ2) is 8.62. The number of aldehydes is 1. The summed E-state index contributed by atoms with van der Waals surface area (Å²) in [4.78, 5) is 54.7. The maximum Gasteiger partial charge on any atom is 0.243 e. The van der Waals surface area contributed by atoms with Gasteiger partial charge in [0.25, 0.3) is 0 Å². The van der Waals surface area contributed by atoms with Crippen LogP contribution in [0.15, 0.2) is 18.2 Å². The molecule has 176 valence electrons. The third-order valence-electron chi connectivity index (χ3n) is 7.66. The molecule has 0 radical (unpaired) electrons. The summed E-state index contributed by atoms with van der Waals surface area (Å²) in [5.74, 6) is -1.26. The number of anilines is 1. The van der Waals surface area contributed by atoms with Gasteiger partial charge in [-0.1, -0.05) is 6.07 Å². The van der Waals surface area contributed by atoms with Gasteiger partial charge in [0.1, 0.15) is 6.04 Å². The molecular formula is C24H31N5O4. The summed E-state index contributed by atoms with van der Waals surface area (Å²) in [6, 6.07) is 4.67. The van der Waals surface area contributed by atoms with Gasteiger partial charge in [0, 0.05) is 56.9 Å². The van der Waals surface area contributed by atoms with Crippen LogP contribution >= 0.6 is 0 Å². The number of carbonyl (C=O) groups excluding carboxylic acids is 4. The first kappa shape index (κ1) is 22.2. The lowest BCUT2D eigenvalue weighted by Crippen LogP contribution is -2.52. The van der Waals surface area contributed by atoms with Crippen LogP contribution in [-0.2, 0) is 25.7 Å². The Morgan fingerprint density at radius 1 is 1.18 bits per heavy atom. The average Bonchev–Trinajstić information content (AvgIpc) is 3.43. The van der Waals surface area contributed by atoms with Gasteiger partial charge in [-0.05, 0) is 48.9 Å². The van der Waals surface area contributed by atoms with Gasteiger partial charge in [0.15, 0.2) is 6.29 Å². The fourth-order valence-corrected chi connectivity index (χ4v) is 5.34. The zero-order valence-corrected chi connectivity index (χ0v) is 18.8. The van der Waals surface area contributed by atoms with Gasteiger partial charge in [0.2, 0.25) is 17.6 Å². The number of nitrogens with zero attached hydrogens (tertiary/aromatic N) is 3. The normalized spacial score (nSPS) is 27.2. The number of hydrogen-bond donors (Lipinski definition) is 2. The van der Waals surface area contributed by atoms with Crippen molar-refractivity contribution < 1.29 is 19.2 Å². The Hall–Kier alpha value is -2.62. The molecule has 3 heterocycles. The van der Waals surface area contributed by atoms with E-state index < -0.39 is 23.8 Å². The van der Waals surface area contributed by atoms with Crippen molar-refractivity contribution in [3.63, 3.8) is 0 Å². The zero-order valence-electron chi connectivity index (χ0n) is 18.8. The molecule has 2 unspecified atom stereocenters. The summed E-state index contributed by atoms with van der Waals surface area (Å²) < 4.78 is 0. The fourth-order valence-electron chi connectivity index (χ4n) is 5.34. The number of carbonyl (C=O) groups is 4. The van der Waals surface area contributed by atoms with Crippen molar-refractivity contribution in [2.24, 2.45) is 5.73 Å². The topological polar surface area (TPSA) is 116 Å². The highest BCUT2D eigenvalue weighted by atomic mass is 16.2. The quantitative estimate of drug-likeness (QED) is 0.340. The van der Waals surface area contributed by atoms with E-state index in [1.54, 1.807) is 4.90 Å². The lowest BCUT2D eigenvalue weighted by atomic mass is 9.98. The summed E-state index contributed by atoms with van der Waals surface area (Å²) >= 11 is 0. The SMILES string of the molecule is NC1(CCN2CCN(c3ccc4c(c3)C(C(=O)C=O)N(C3CCC(=O)NC3=O)C4)CC2)CC1. The lowest BCUT2D eigenvalue weighted by Gasteiger charge is -2.37. The molecule has 1 aromatic rings. The van der Waals surface area contributed by atoms with Crippen LogP contribution < -0.4 is 16.0 Å². The summed E-state index contributed by atoms with van der Waals surface area (Å²) in [7, 11) is 0. The van der Waals surface area contributed by atoms with Gasteiger partial charge < -0.3 is 10.6 Å². The number of nitrogens with two attached hydrogens (primary N) is 1. The first-order chi connectivity index (χ1) is 15.9. The minimum absolute atomic E-state index is 0.0750. The molecule has 2 amide bonds. The van der Waals surface area contributed by atoms with Crippen molar-refractivity contribution in [3.05, 3.63) is 29.3 Å². The summed E-state index contributed by atoms with van der Waals surface area (Å²) in [5, 5.41) is 2.36. The molecule has 3 aliphatic heterocycles. The second-order valence-corrected chi connectivity index (χ2v) is 9.89. The Balaban J connectivity index is 1.30.